The molecule has 0 aliphatic rings. The summed E-state index contributed by atoms with van der Waals surface area (Å²) < 4.78 is 5.70. The van der Waals surface area contributed by atoms with Gasteiger partial charge < -0.3 is 10.1 Å². The molecule has 1 amide bonds. The van der Waals surface area contributed by atoms with Crippen LogP contribution in [0.15, 0.2) is 24.3 Å². The lowest BCUT2D eigenvalue weighted by Gasteiger charge is -2.14. The van der Waals surface area contributed by atoms with Crippen LogP contribution in [0, 0.1) is 0 Å². The predicted octanol–water partition coefficient (Wildman–Crippen LogP) is 1.80. The van der Waals surface area contributed by atoms with Gasteiger partial charge in [0, 0.05) is 13.0 Å². The highest BCUT2D eigenvalue weighted by atomic mass is 32.1. The summed E-state index contributed by atoms with van der Waals surface area (Å²) >= 11 is 1.64. The zero-order valence-corrected chi connectivity index (χ0v) is 14.2. The highest BCUT2D eigenvalue weighted by Gasteiger charge is 2.10. The fourth-order valence-corrected chi connectivity index (χ4v) is 3.19. The van der Waals surface area contributed by atoms with E-state index in [0.29, 0.717) is 32.5 Å². The number of esters is 1. The van der Waals surface area contributed by atoms with Crippen LogP contribution in [0.3, 0.4) is 0 Å². The van der Waals surface area contributed by atoms with Crippen molar-refractivity contribution in [2.75, 3.05) is 27.2 Å². The number of ether oxygens (including phenoxy) is 1. The molecule has 0 spiro atoms. The summed E-state index contributed by atoms with van der Waals surface area (Å²) in [4.78, 5) is 29.3. The normalized spacial score (nSPS) is 10.9. The number of benzene rings is 1. The fourth-order valence-electron chi connectivity index (χ4n) is 2.14. The first kappa shape index (κ1) is 17.4. The fraction of sp³-hybridized carbons (Fsp3) is 0.438. The van der Waals surface area contributed by atoms with Gasteiger partial charge in [-0.05, 0) is 25.6 Å². The molecular formula is C16H21N3O3S. The molecule has 0 unspecified atom stereocenters. The highest BCUT2D eigenvalue weighted by Crippen LogP contribution is 2.22. The molecule has 124 valence electrons. The van der Waals surface area contributed by atoms with Crippen molar-refractivity contribution in [1.82, 2.24) is 15.2 Å². The Bertz CT molecular complexity index is 638. The van der Waals surface area contributed by atoms with Crippen molar-refractivity contribution in [3.63, 3.8) is 0 Å². The van der Waals surface area contributed by atoms with Gasteiger partial charge >= 0.3 is 5.97 Å². The molecule has 0 radical (unpaired) electrons. The van der Waals surface area contributed by atoms with Crippen LogP contribution in [-0.4, -0.2) is 49.0 Å². The van der Waals surface area contributed by atoms with E-state index in [2.05, 4.69) is 15.0 Å². The van der Waals surface area contributed by atoms with Crippen LogP contribution in [-0.2, 0) is 20.9 Å². The van der Waals surface area contributed by atoms with E-state index < -0.39 is 0 Å². The number of nitrogens with one attached hydrogen (secondary N) is 1. The number of carbonyl (C=O) groups is 2. The minimum Gasteiger partial charge on any atom is -0.469 e. The van der Waals surface area contributed by atoms with E-state index in [1.54, 1.807) is 11.3 Å². The predicted molar refractivity (Wildman–Crippen MR) is 90.2 cm³/mol. The van der Waals surface area contributed by atoms with Gasteiger partial charge in [-0.2, -0.15) is 0 Å². The molecule has 2 aromatic rings. The third-order valence-corrected chi connectivity index (χ3v) is 4.29. The van der Waals surface area contributed by atoms with Crippen LogP contribution < -0.4 is 5.32 Å². The number of likely N-dealkylation sites (N-methyl/N-ethyl adjacent to an activating group) is 1. The Balaban J connectivity index is 1.72. The molecule has 6 nitrogen and oxygen atoms in total. The molecule has 0 saturated heterocycles. The van der Waals surface area contributed by atoms with Crippen LogP contribution in [0.2, 0.25) is 0 Å². The van der Waals surface area contributed by atoms with Gasteiger partial charge in [-0.25, -0.2) is 4.98 Å². The number of aromatic nitrogens is 1. The molecule has 7 heteroatoms. The second-order valence-electron chi connectivity index (χ2n) is 5.28. The number of rotatable bonds is 8. The van der Waals surface area contributed by atoms with E-state index in [4.69, 9.17) is 0 Å². The molecular weight excluding hydrogens is 314 g/mol. The standard InChI is InChI=1S/C16H21N3O3S/c1-19(10-14(20)17-9-5-8-16(21)22-2)11-15-18-12-6-3-4-7-13(12)23-15/h3-4,6-7H,5,8-11H2,1-2H3,(H,17,20). The number of methoxy groups -OCH3 is 1. The third-order valence-electron chi connectivity index (χ3n) is 3.26. The molecule has 1 heterocycles. The maximum Gasteiger partial charge on any atom is 0.305 e. The SMILES string of the molecule is COC(=O)CCCNC(=O)CN(C)Cc1nc2ccccc2s1. The molecule has 0 bridgehead atoms. The van der Waals surface area contributed by atoms with Gasteiger partial charge in [0.25, 0.3) is 0 Å². The Labute approximate surface area is 139 Å². The number of carbonyl (C=O) groups excluding carboxylic acids is 2. The van der Waals surface area contributed by atoms with Crippen molar-refractivity contribution in [3.8, 4) is 0 Å². The summed E-state index contributed by atoms with van der Waals surface area (Å²) in [7, 11) is 3.25. The number of para-hydroxylation sites is 1. The first-order valence-electron chi connectivity index (χ1n) is 7.45. The number of nitrogens with zero attached hydrogens (tertiary/aromatic N) is 2. The van der Waals surface area contributed by atoms with Gasteiger partial charge in [0.1, 0.15) is 5.01 Å². The molecule has 1 aromatic heterocycles. The minimum atomic E-state index is -0.257. The van der Waals surface area contributed by atoms with Crippen LogP contribution in [0.4, 0.5) is 0 Å². The summed E-state index contributed by atoms with van der Waals surface area (Å²) in [6.07, 6.45) is 0.901. The van der Waals surface area contributed by atoms with Crippen LogP contribution in [0.1, 0.15) is 17.8 Å². The molecule has 0 fully saturated rings. The van der Waals surface area contributed by atoms with Gasteiger partial charge in [0.05, 0.1) is 30.4 Å². The van der Waals surface area contributed by atoms with Gasteiger partial charge in [0.15, 0.2) is 0 Å². The molecule has 1 aromatic carbocycles. The van der Waals surface area contributed by atoms with Crippen molar-refractivity contribution in [2.45, 2.75) is 19.4 Å². The maximum absolute atomic E-state index is 11.8. The summed E-state index contributed by atoms with van der Waals surface area (Å²) in [5, 5.41) is 3.79. The third kappa shape index (κ3) is 5.61. The molecule has 0 saturated carbocycles. The monoisotopic (exact) mass is 335 g/mol. The second kappa shape index (κ2) is 8.59. The Morgan fingerprint density at radius 3 is 2.87 bits per heavy atom. The van der Waals surface area contributed by atoms with E-state index >= 15 is 0 Å². The van der Waals surface area contributed by atoms with E-state index in [-0.39, 0.29) is 11.9 Å². The summed E-state index contributed by atoms with van der Waals surface area (Å²) in [5.74, 6) is -0.314. The average molecular weight is 335 g/mol. The number of amides is 1. The topological polar surface area (TPSA) is 71.5 Å². The van der Waals surface area contributed by atoms with Crippen molar-refractivity contribution in [2.24, 2.45) is 0 Å². The van der Waals surface area contributed by atoms with Crippen molar-refractivity contribution < 1.29 is 14.3 Å². The minimum absolute atomic E-state index is 0.0570. The van der Waals surface area contributed by atoms with Crippen LogP contribution in [0.25, 0.3) is 10.2 Å². The second-order valence-corrected chi connectivity index (χ2v) is 6.39. The lowest BCUT2D eigenvalue weighted by atomic mass is 10.3. The van der Waals surface area contributed by atoms with Crippen LogP contribution in [0.5, 0.6) is 0 Å². The van der Waals surface area contributed by atoms with Gasteiger partial charge in [-0.1, -0.05) is 12.1 Å². The summed E-state index contributed by atoms with van der Waals surface area (Å²) in [5.41, 5.74) is 0.994. The number of hydrogen-bond donors (Lipinski definition) is 1. The Hall–Kier alpha value is -1.99. The maximum atomic E-state index is 11.8. The van der Waals surface area contributed by atoms with Crippen molar-refractivity contribution >= 4 is 33.4 Å². The Morgan fingerprint density at radius 1 is 1.35 bits per heavy atom. The molecule has 0 aliphatic carbocycles. The van der Waals surface area contributed by atoms with E-state index in [0.717, 1.165) is 15.2 Å². The number of thiazole rings is 1. The van der Waals surface area contributed by atoms with Crippen molar-refractivity contribution in [3.05, 3.63) is 29.3 Å². The summed E-state index contributed by atoms with van der Waals surface area (Å²) in [6.45, 7) is 1.41. The molecule has 0 atom stereocenters. The summed E-state index contributed by atoms with van der Waals surface area (Å²) in [6, 6.07) is 8.00. The zero-order valence-electron chi connectivity index (χ0n) is 13.4. The van der Waals surface area contributed by atoms with Gasteiger partial charge in [-0.15, -0.1) is 11.3 Å². The highest BCUT2D eigenvalue weighted by molar-refractivity contribution is 7.18. The van der Waals surface area contributed by atoms with Crippen LogP contribution >= 0.6 is 11.3 Å². The Kier molecular flexibility index (Phi) is 6.49. The largest absolute Gasteiger partial charge is 0.469 e. The average Bonchev–Trinajstić information content (AvgIpc) is 2.93. The quantitative estimate of drug-likeness (QED) is 0.588. The first-order valence-corrected chi connectivity index (χ1v) is 8.26. The Morgan fingerprint density at radius 2 is 2.13 bits per heavy atom. The molecule has 0 aliphatic heterocycles. The van der Waals surface area contributed by atoms with E-state index in [9.17, 15) is 9.59 Å². The lowest BCUT2D eigenvalue weighted by Crippen LogP contribution is -2.35. The number of hydrogen-bond acceptors (Lipinski definition) is 6. The zero-order chi connectivity index (χ0) is 16.7. The molecule has 1 N–H and O–H groups in total. The molecule has 2 rings (SSSR count). The smallest absolute Gasteiger partial charge is 0.305 e. The van der Waals surface area contributed by atoms with Gasteiger partial charge in [-0.3, -0.25) is 14.5 Å². The number of fused-ring (bicyclic) bond motifs is 1. The van der Waals surface area contributed by atoms with Crippen molar-refractivity contribution in [1.29, 1.82) is 0 Å². The molecule has 23 heavy (non-hydrogen) atoms. The van der Waals surface area contributed by atoms with Gasteiger partial charge in [0.2, 0.25) is 5.91 Å². The first-order chi connectivity index (χ1) is 11.1. The van der Waals surface area contributed by atoms with E-state index in [1.165, 1.54) is 7.11 Å². The van der Waals surface area contributed by atoms with E-state index in [1.807, 2.05) is 36.2 Å². The lowest BCUT2D eigenvalue weighted by molar-refractivity contribution is -0.140.